The first-order chi connectivity index (χ1) is 24.2. The van der Waals surface area contributed by atoms with Crippen molar-refractivity contribution in [3.8, 4) is 5.75 Å². The summed E-state index contributed by atoms with van der Waals surface area (Å²) in [6.07, 6.45) is 5.10. The molecule has 2 atom stereocenters. The molecule has 8 nitrogen and oxygen atoms in total. The number of hydrogen-bond acceptors (Lipinski definition) is 5. The van der Waals surface area contributed by atoms with Gasteiger partial charge in [-0.1, -0.05) is 54.1 Å². The Morgan fingerprint density at radius 1 is 1.00 bits per heavy atom. The van der Waals surface area contributed by atoms with Crippen LogP contribution in [0.1, 0.15) is 61.6 Å². The quantitative estimate of drug-likeness (QED) is 0.161. The molecule has 0 radical (unpaired) electrons. The monoisotopic (exact) mass is 765 g/mol. The van der Waals surface area contributed by atoms with Crippen LogP contribution in [0.3, 0.4) is 0 Å². The first-order valence-corrected chi connectivity index (χ1v) is 18.5. The van der Waals surface area contributed by atoms with Crippen molar-refractivity contribution < 1.29 is 28.6 Å². The van der Waals surface area contributed by atoms with E-state index in [-0.39, 0.29) is 48.6 Å². The van der Waals surface area contributed by atoms with Gasteiger partial charge in [-0.15, -0.1) is 0 Å². The fourth-order valence-corrected chi connectivity index (χ4v) is 7.56. The van der Waals surface area contributed by atoms with Gasteiger partial charge in [0.25, 0.3) is 5.91 Å². The molecule has 6 rings (SSSR count). The maximum Gasteiger partial charge on any atom is 0.303 e. The van der Waals surface area contributed by atoms with E-state index in [1.165, 1.54) is 12.1 Å². The fraction of sp³-hybridized carbons (Fsp3) is 0.410. The van der Waals surface area contributed by atoms with Crippen molar-refractivity contribution in [2.24, 2.45) is 0 Å². The van der Waals surface area contributed by atoms with E-state index < -0.39 is 5.97 Å². The minimum Gasteiger partial charge on any atom is -0.492 e. The van der Waals surface area contributed by atoms with E-state index in [4.69, 9.17) is 21.4 Å². The molecule has 0 aromatic heterocycles. The minimum atomic E-state index is -0.913. The van der Waals surface area contributed by atoms with Gasteiger partial charge in [0.05, 0.1) is 17.1 Å². The number of amides is 2. The maximum atomic E-state index is 14.7. The number of hydrogen-bond donors (Lipinski definition) is 2. The van der Waals surface area contributed by atoms with E-state index in [1.807, 2.05) is 29.2 Å². The molecule has 0 spiro atoms. The van der Waals surface area contributed by atoms with Crippen molar-refractivity contribution >= 4 is 50.9 Å². The van der Waals surface area contributed by atoms with Gasteiger partial charge >= 0.3 is 5.97 Å². The smallest absolute Gasteiger partial charge is 0.303 e. The first kappa shape index (κ1) is 36.1. The molecule has 1 aliphatic carbocycles. The number of carboxylic acid groups (broad SMARTS) is 1. The third-order valence-corrected chi connectivity index (χ3v) is 10.7. The Kier molecular flexibility index (Phi) is 11.9. The third-order valence-electron chi connectivity index (χ3n) is 9.66. The fourth-order valence-electron chi connectivity index (χ4n) is 6.97. The van der Waals surface area contributed by atoms with Gasteiger partial charge in [0.15, 0.2) is 0 Å². The second kappa shape index (κ2) is 16.5. The van der Waals surface area contributed by atoms with Crippen LogP contribution in [0.15, 0.2) is 76.8 Å². The van der Waals surface area contributed by atoms with Crippen molar-refractivity contribution in [3.05, 3.63) is 104 Å². The van der Waals surface area contributed by atoms with Crippen LogP contribution in [0, 0.1) is 5.82 Å². The molecule has 2 N–H and O–H groups in total. The van der Waals surface area contributed by atoms with E-state index in [9.17, 15) is 18.8 Å². The molecule has 2 aliphatic heterocycles. The van der Waals surface area contributed by atoms with Crippen molar-refractivity contribution in [1.82, 2.24) is 15.1 Å². The van der Waals surface area contributed by atoms with E-state index >= 15 is 0 Å². The van der Waals surface area contributed by atoms with Gasteiger partial charge in [-0.05, 0) is 101 Å². The number of carboxylic acids is 1. The van der Waals surface area contributed by atoms with Crippen LogP contribution < -0.4 is 10.1 Å². The topological polar surface area (TPSA) is 99.2 Å². The average molecular weight is 767 g/mol. The summed E-state index contributed by atoms with van der Waals surface area (Å²) in [7, 11) is 0. The molecule has 264 valence electrons. The molecule has 2 unspecified atom stereocenters. The van der Waals surface area contributed by atoms with Crippen LogP contribution in [-0.2, 0) is 27.2 Å². The molecule has 2 heterocycles. The zero-order valence-electron chi connectivity index (χ0n) is 27.9. The summed E-state index contributed by atoms with van der Waals surface area (Å²) in [6.45, 7) is 1.85. The third kappa shape index (κ3) is 9.13. The highest BCUT2D eigenvalue weighted by molar-refractivity contribution is 9.10. The predicted molar refractivity (Wildman–Crippen MR) is 195 cm³/mol. The van der Waals surface area contributed by atoms with Crippen molar-refractivity contribution in [3.63, 3.8) is 0 Å². The van der Waals surface area contributed by atoms with E-state index in [0.717, 1.165) is 47.9 Å². The van der Waals surface area contributed by atoms with Gasteiger partial charge in [-0.2, -0.15) is 0 Å². The van der Waals surface area contributed by atoms with Gasteiger partial charge in [-0.3, -0.25) is 14.4 Å². The van der Waals surface area contributed by atoms with Crippen molar-refractivity contribution in [1.29, 1.82) is 0 Å². The Hall–Kier alpha value is -3.73. The van der Waals surface area contributed by atoms with E-state index in [0.29, 0.717) is 66.3 Å². The van der Waals surface area contributed by atoms with Gasteiger partial charge < -0.3 is 25.0 Å². The molecular weight excluding hydrogens is 725 g/mol. The maximum absolute atomic E-state index is 14.7. The number of fused-ring (bicyclic) bond motifs is 2. The lowest BCUT2D eigenvalue weighted by molar-refractivity contribution is -0.138. The number of piperazine rings is 1. The standard InChI is InChI=1S/C39H42BrClFN3O5/c40-32-17-14-28(42)21-35(32)50-20-4-5-25-10-12-26(13-11-25)31-22-29-23-44(36(46)8-3-9-37(47)48)24-34(43-29)38(31)39(49)45(30-15-16-30)19-18-27-6-1-2-7-33(27)41/h1-2,6-7,10-14,17,21,29-30,34,43H,3-5,8-9,15-16,18-20,22-24H2,(H,47,48). The Morgan fingerprint density at radius 2 is 1.78 bits per heavy atom. The number of carbonyl (C=O) groups is 3. The highest BCUT2D eigenvalue weighted by Crippen LogP contribution is 2.37. The van der Waals surface area contributed by atoms with Crippen LogP contribution in [0.4, 0.5) is 4.39 Å². The van der Waals surface area contributed by atoms with Gasteiger partial charge in [0.1, 0.15) is 11.6 Å². The highest BCUT2D eigenvalue weighted by Gasteiger charge is 2.43. The van der Waals surface area contributed by atoms with Crippen LogP contribution >= 0.6 is 27.5 Å². The molecule has 3 aliphatic rings. The predicted octanol–water partition coefficient (Wildman–Crippen LogP) is 7.07. The molecule has 11 heteroatoms. The summed E-state index contributed by atoms with van der Waals surface area (Å²) in [6, 6.07) is 20.3. The number of benzene rings is 3. The van der Waals surface area contributed by atoms with Gasteiger partial charge in [0, 0.05) is 61.2 Å². The molecule has 2 bridgehead atoms. The Labute approximate surface area is 305 Å². The van der Waals surface area contributed by atoms with Crippen LogP contribution in [-0.4, -0.2) is 77.1 Å². The van der Waals surface area contributed by atoms with E-state index in [2.05, 4.69) is 45.5 Å². The second-order valence-electron chi connectivity index (χ2n) is 13.4. The summed E-state index contributed by atoms with van der Waals surface area (Å²) < 4.78 is 20.1. The van der Waals surface area contributed by atoms with Crippen molar-refractivity contribution in [2.45, 2.75) is 75.9 Å². The Bertz CT molecular complexity index is 1750. The summed E-state index contributed by atoms with van der Waals surface area (Å²) in [5.41, 5.74) is 4.85. The van der Waals surface area contributed by atoms with Crippen LogP contribution in [0.2, 0.25) is 5.02 Å². The van der Waals surface area contributed by atoms with Crippen LogP contribution in [0.25, 0.3) is 5.57 Å². The first-order valence-electron chi connectivity index (χ1n) is 17.4. The second-order valence-corrected chi connectivity index (χ2v) is 14.6. The lowest BCUT2D eigenvalue weighted by Gasteiger charge is -2.45. The molecule has 3 aromatic carbocycles. The number of carbonyl (C=O) groups excluding carboxylic acids is 2. The lowest BCUT2D eigenvalue weighted by Crippen LogP contribution is -2.62. The molecular formula is C39H42BrClFN3O5. The number of nitrogens with zero attached hydrogens (tertiary/aromatic N) is 2. The molecule has 3 aromatic rings. The molecule has 2 fully saturated rings. The number of rotatable bonds is 15. The normalized spacial score (nSPS) is 18.6. The number of aryl methyl sites for hydroxylation is 1. The van der Waals surface area contributed by atoms with Crippen molar-refractivity contribution in [2.75, 3.05) is 26.2 Å². The number of aliphatic carboxylic acids is 1. The Morgan fingerprint density at radius 3 is 2.52 bits per heavy atom. The van der Waals surface area contributed by atoms with Gasteiger partial charge in [0.2, 0.25) is 5.91 Å². The summed E-state index contributed by atoms with van der Waals surface area (Å²) in [4.78, 5) is 42.7. The minimum absolute atomic E-state index is 0.00425. The van der Waals surface area contributed by atoms with Crippen LogP contribution in [0.5, 0.6) is 5.75 Å². The summed E-state index contributed by atoms with van der Waals surface area (Å²) in [5, 5.41) is 13.4. The lowest BCUT2D eigenvalue weighted by atomic mass is 9.82. The van der Waals surface area contributed by atoms with Gasteiger partial charge in [-0.25, -0.2) is 4.39 Å². The number of ether oxygens (including phenoxy) is 1. The molecule has 1 saturated carbocycles. The average Bonchev–Trinajstić information content (AvgIpc) is 3.94. The summed E-state index contributed by atoms with van der Waals surface area (Å²) in [5.74, 6) is -0.856. The molecule has 50 heavy (non-hydrogen) atoms. The molecule has 1 saturated heterocycles. The SMILES string of the molecule is O=C(O)CCCC(=O)N1CC2CC(c3ccc(CCCOc4cc(F)ccc4Br)cc3)=C(C(=O)N(CCc3ccccc3Cl)C3CC3)C(C1)N2. The van der Waals surface area contributed by atoms with E-state index in [1.54, 1.807) is 11.0 Å². The number of nitrogens with one attached hydrogen (secondary N) is 1. The highest BCUT2D eigenvalue weighted by atomic mass is 79.9. The largest absolute Gasteiger partial charge is 0.492 e. The zero-order valence-corrected chi connectivity index (χ0v) is 30.2. The number of halogens is 3. The Balaban J connectivity index is 1.21. The molecule has 2 amide bonds. The summed E-state index contributed by atoms with van der Waals surface area (Å²) >= 11 is 9.88. The zero-order chi connectivity index (χ0) is 35.2.